The summed E-state index contributed by atoms with van der Waals surface area (Å²) in [5, 5.41) is 10.2. The number of aliphatic carboxylic acids is 1. The fourth-order valence-corrected chi connectivity index (χ4v) is 2.63. The van der Waals surface area contributed by atoms with Crippen LogP contribution in [0.2, 0.25) is 0 Å². The van der Waals surface area contributed by atoms with Crippen molar-refractivity contribution in [1.82, 2.24) is 4.98 Å². The van der Waals surface area contributed by atoms with Gasteiger partial charge in [-0.3, -0.25) is 4.79 Å². The number of aromatic nitrogens is 1. The standard InChI is InChI=1S/C14H13F3N2O2S/c1-13(18,12(20)21)6-8-2-4-9(5-3-8)11-19-10(7-22-11)14(15,16)17/h2-5,7H,6,18H2,1H3,(H,20,21)/t13-/m0/s1. The molecule has 0 unspecified atom stereocenters. The Morgan fingerprint density at radius 2 is 1.91 bits per heavy atom. The Balaban J connectivity index is 2.19. The van der Waals surface area contributed by atoms with E-state index in [2.05, 4.69) is 4.98 Å². The lowest BCUT2D eigenvalue weighted by molar-refractivity contribution is -0.142. The van der Waals surface area contributed by atoms with Crippen LogP contribution in [-0.2, 0) is 17.4 Å². The average molecular weight is 330 g/mol. The molecule has 118 valence electrons. The fourth-order valence-electron chi connectivity index (χ4n) is 1.80. The third-order valence-electron chi connectivity index (χ3n) is 3.06. The van der Waals surface area contributed by atoms with E-state index in [4.69, 9.17) is 10.8 Å². The van der Waals surface area contributed by atoms with E-state index >= 15 is 0 Å². The molecule has 2 aromatic rings. The Morgan fingerprint density at radius 3 is 2.36 bits per heavy atom. The Labute approximate surface area is 128 Å². The van der Waals surface area contributed by atoms with Crippen LogP contribution in [0, 0.1) is 0 Å². The van der Waals surface area contributed by atoms with Crippen molar-refractivity contribution in [3.05, 3.63) is 40.9 Å². The average Bonchev–Trinajstić information content (AvgIpc) is 2.88. The molecule has 1 aromatic heterocycles. The molecule has 1 atom stereocenters. The van der Waals surface area contributed by atoms with Gasteiger partial charge in [-0.25, -0.2) is 4.98 Å². The van der Waals surface area contributed by atoms with Gasteiger partial charge in [-0.1, -0.05) is 24.3 Å². The maximum atomic E-state index is 12.5. The first-order valence-corrected chi connectivity index (χ1v) is 7.12. The molecule has 4 nitrogen and oxygen atoms in total. The predicted octanol–water partition coefficient (Wildman–Crippen LogP) is 3.17. The van der Waals surface area contributed by atoms with Gasteiger partial charge in [-0.05, 0) is 12.5 Å². The summed E-state index contributed by atoms with van der Waals surface area (Å²) in [5.41, 5.74) is 4.57. The molecule has 0 aliphatic heterocycles. The molecule has 0 radical (unpaired) electrons. The van der Waals surface area contributed by atoms with E-state index in [1.165, 1.54) is 6.92 Å². The minimum atomic E-state index is -4.46. The second-order valence-corrected chi connectivity index (χ2v) is 5.99. The first-order chi connectivity index (χ1) is 10.1. The molecule has 0 aliphatic rings. The van der Waals surface area contributed by atoms with Gasteiger partial charge >= 0.3 is 12.1 Å². The number of thiazole rings is 1. The summed E-state index contributed by atoms with van der Waals surface area (Å²) in [4.78, 5) is 14.5. The molecule has 8 heteroatoms. The third kappa shape index (κ3) is 3.63. The van der Waals surface area contributed by atoms with E-state index in [1.54, 1.807) is 24.3 Å². The highest BCUT2D eigenvalue weighted by molar-refractivity contribution is 7.13. The molecule has 22 heavy (non-hydrogen) atoms. The Kier molecular flexibility index (Phi) is 4.25. The van der Waals surface area contributed by atoms with Gasteiger partial charge in [0.1, 0.15) is 10.5 Å². The zero-order chi connectivity index (χ0) is 16.5. The number of nitrogens with two attached hydrogens (primary N) is 1. The van der Waals surface area contributed by atoms with Gasteiger partial charge in [-0.15, -0.1) is 11.3 Å². The molecule has 1 aromatic carbocycles. The number of hydrogen-bond donors (Lipinski definition) is 2. The number of carbonyl (C=O) groups is 1. The lowest BCUT2D eigenvalue weighted by atomic mass is 9.94. The molecule has 0 spiro atoms. The topological polar surface area (TPSA) is 76.2 Å². The minimum absolute atomic E-state index is 0.119. The van der Waals surface area contributed by atoms with Crippen LogP contribution in [0.1, 0.15) is 18.2 Å². The minimum Gasteiger partial charge on any atom is -0.480 e. The second-order valence-electron chi connectivity index (χ2n) is 5.13. The number of rotatable bonds is 4. The molecule has 2 rings (SSSR count). The quantitative estimate of drug-likeness (QED) is 0.903. The lowest BCUT2D eigenvalue weighted by Crippen LogP contribution is -2.46. The van der Waals surface area contributed by atoms with Gasteiger partial charge in [0.25, 0.3) is 0 Å². The van der Waals surface area contributed by atoms with E-state index < -0.39 is 23.4 Å². The van der Waals surface area contributed by atoms with Crippen molar-refractivity contribution in [1.29, 1.82) is 0 Å². The largest absolute Gasteiger partial charge is 0.480 e. The van der Waals surface area contributed by atoms with Crippen LogP contribution in [-0.4, -0.2) is 21.6 Å². The third-order valence-corrected chi connectivity index (χ3v) is 3.95. The summed E-state index contributed by atoms with van der Waals surface area (Å²) >= 11 is 0.903. The second kappa shape index (κ2) is 5.69. The summed E-state index contributed by atoms with van der Waals surface area (Å²) in [7, 11) is 0. The Morgan fingerprint density at radius 1 is 1.32 bits per heavy atom. The number of carboxylic acid groups (broad SMARTS) is 1. The fraction of sp³-hybridized carbons (Fsp3) is 0.286. The molecular weight excluding hydrogens is 317 g/mol. The Hall–Kier alpha value is -1.93. The van der Waals surface area contributed by atoms with Crippen molar-refractivity contribution < 1.29 is 23.1 Å². The molecule has 1 heterocycles. The summed E-state index contributed by atoms with van der Waals surface area (Å²) in [5.74, 6) is -1.12. The van der Waals surface area contributed by atoms with Crippen molar-refractivity contribution >= 4 is 17.3 Å². The van der Waals surface area contributed by atoms with E-state index in [9.17, 15) is 18.0 Å². The van der Waals surface area contributed by atoms with E-state index in [-0.39, 0.29) is 11.4 Å². The molecule has 0 fully saturated rings. The summed E-state index contributed by atoms with van der Waals surface area (Å²) in [6.45, 7) is 1.40. The molecule has 0 saturated heterocycles. The number of carboxylic acids is 1. The van der Waals surface area contributed by atoms with Crippen molar-refractivity contribution in [2.24, 2.45) is 5.73 Å². The summed E-state index contributed by atoms with van der Waals surface area (Å²) < 4.78 is 37.6. The zero-order valence-electron chi connectivity index (χ0n) is 11.5. The highest BCUT2D eigenvalue weighted by Gasteiger charge is 2.33. The zero-order valence-corrected chi connectivity index (χ0v) is 12.3. The Bertz CT molecular complexity index is 678. The monoisotopic (exact) mass is 330 g/mol. The van der Waals surface area contributed by atoms with Gasteiger partial charge in [0, 0.05) is 17.4 Å². The highest BCUT2D eigenvalue weighted by Crippen LogP contribution is 2.33. The van der Waals surface area contributed by atoms with Crippen LogP contribution in [0.5, 0.6) is 0 Å². The van der Waals surface area contributed by atoms with Crippen LogP contribution < -0.4 is 5.73 Å². The number of hydrogen-bond acceptors (Lipinski definition) is 4. The molecular formula is C14H13F3N2O2S. The SMILES string of the molecule is C[C@](N)(Cc1ccc(-c2nc(C(F)(F)F)cs2)cc1)C(=O)O. The van der Waals surface area contributed by atoms with Gasteiger partial charge in [-0.2, -0.15) is 13.2 Å². The van der Waals surface area contributed by atoms with Crippen LogP contribution in [0.3, 0.4) is 0 Å². The molecule has 0 saturated carbocycles. The highest BCUT2D eigenvalue weighted by atomic mass is 32.1. The van der Waals surface area contributed by atoms with Gasteiger partial charge in [0.2, 0.25) is 0 Å². The van der Waals surface area contributed by atoms with Crippen molar-refractivity contribution in [3.8, 4) is 10.6 Å². The first-order valence-electron chi connectivity index (χ1n) is 6.24. The van der Waals surface area contributed by atoms with E-state index in [0.717, 1.165) is 16.7 Å². The van der Waals surface area contributed by atoms with Crippen LogP contribution in [0.4, 0.5) is 13.2 Å². The van der Waals surface area contributed by atoms with Gasteiger partial charge < -0.3 is 10.8 Å². The number of nitrogens with zero attached hydrogens (tertiary/aromatic N) is 1. The number of benzene rings is 1. The van der Waals surface area contributed by atoms with Crippen molar-refractivity contribution in [2.45, 2.75) is 25.1 Å². The van der Waals surface area contributed by atoms with Gasteiger partial charge in [0.05, 0.1) is 0 Å². The number of alkyl halides is 3. The van der Waals surface area contributed by atoms with Crippen molar-refractivity contribution in [3.63, 3.8) is 0 Å². The molecule has 0 amide bonds. The summed E-state index contributed by atoms with van der Waals surface area (Å²) in [6, 6.07) is 6.48. The summed E-state index contributed by atoms with van der Waals surface area (Å²) in [6.07, 6.45) is -4.34. The maximum Gasteiger partial charge on any atom is 0.434 e. The molecule has 3 N–H and O–H groups in total. The van der Waals surface area contributed by atoms with Gasteiger partial charge in [0.15, 0.2) is 5.69 Å². The number of halogens is 3. The first kappa shape index (κ1) is 16.4. The van der Waals surface area contributed by atoms with Crippen LogP contribution >= 0.6 is 11.3 Å². The maximum absolute atomic E-state index is 12.5. The van der Waals surface area contributed by atoms with Crippen molar-refractivity contribution in [2.75, 3.05) is 0 Å². The van der Waals surface area contributed by atoms with E-state index in [0.29, 0.717) is 11.1 Å². The van der Waals surface area contributed by atoms with Crippen LogP contribution in [0.15, 0.2) is 29.6 Å². The van der Waals surface area contributed by atoms with Crippen LogP contribution in [0.25, 0.3) is 10.6 Å². The lowest BCUT2D eigenvalue weighted by Gasteiger charge is -2.19. The molecule has 0 bridgehead atoms. The van der Waals surface area contributed by atoms with E-state index in [1.807, 2.05) is 0 Å². The normalized spacial score (nSPS) is 14.6. The molecule has 0 aliphatic carbocycles. The smallest absolute Gasteiger partial charge is 0.434 e. The predicted molar refractivity (Wildman–Crippen MR) is 76.5 cm³/mol.